The summed E-state index contributed by atoms with van der Waals surface area (Å²) in [5.74, 6) is -0.249. The lowest BCUT2D eigenvalue weighted by Crippen LogP contribution is -2.45. The van der Waals surface area contributed by atoms with E-state index in [0.717, 1.165) is 42.0 Å². The molecule has 1 saturated heterocycles. The van der Waals surface area contributed by atoms with Crippen LogP contribution < -0.4 is 11.1 Å². The van der Waals surface area contributed by atoms with Crippen LogP contribution in [0.4, 0.5) is 0 Å². The number of likely N-dealkylation sites (tertiary alicyclic amines) is 1. The lowest BCUT2D eigenvalue weighted by atomic mass is 10.0. The van der Waals surface area contributed by atoms with Gasteiger partial charge in [0.15, 0.2) is 0 Å². The molecule has 3 N–H and O–H groups in total. The smallest absolute Gasteiger partial charge is 0.231 e. The summed E-state index contributed by atoms with van der Waals surface area (Å²) in [6.45, 7) is 3.02. The number of nitrogens with one attached hydrogen (secondary N) is 1. The number of nitrogens with zero attached hydrogens (tertiary/aromatic N) is 1. The van der Waals surface area contributed by atoms with E-state index in [1.165, 1.54) is 5.56 Å². The monoisotopic (exact) mass is 359 g/mol. The maximum absolute atomic E-state index is 10.9. The standard InChI is InChI=1S/C14H19BrClN3O/c15-12-2-1-10(7-13(12)16)8-18-11-3-5-19(6-4-11)9-14(17)20/h1-2,7,11,18H,3-6,8-9H2,(H2,17,20). The molecule has 0 atom stereocenters. The van der Waals surface area contributed by atoms with Crippen LogP contribution in [0.5, 0.6) is 0 Å². The summed E-state index contributed by atoms with van der Waals surface area (Å²) in [6.07, 6.45) is 2.08. The molecule has 0 bridgehead atoms. The minimum atomic E-state index is -0.249. The van der Waals surface area contributed by atoms with Crippen LogP contribution in [-0.2, 0) is 11.3 Å². The Balaban J connectivity index is 1.75. The normalized spacial score (nSPS) is 17.3. The molecule has 1 heterocycles. The van der Waals surface area contributed by atoms with Gasteiger partial charge in [-0.3, -0.25) is 9.69 Å². The molecule has 0 radical (unpaired) electrons. The lowest BCUT2D eigenvalue weighted by molar-refractivity contribution is -0.119. The van der Waals surface area contributed by atoms with Crippen LogP contribution in [0.25, 0.3) is 0 Å². The highest BCUT2D eigenvalue weighted by Gasteiger charge is 2.19. The van der Waals surface area contributed by atoms with Crippen molar-refractivity contribution in [2.75, 3.05) is 19.6 Å². The summed E-state index contributed by atoms with van der Waals surface area (Å²) in [6, 6.07) is 6.49. The molecule has 0 unspecified atom stereocenters. The van der Waals surface area contributed by atoms with E-state index in [1.54, 1.807) is 0 Å². The SMILES string of the molecule is NC(=O)CN1CCC(NCc2ccc(Br)c(Cl)c2)CC1. The first-order valence-corrected chi connectivity index (χ1v) is 7.89. The number of hydrogen-bond acceptors (Lipinski definition) is 3. The van der Waals surface area contributed by atoms with Gasteiger partial charge in [-0.25, -0.2) is 0 Å². The van der Waals surface area contributed by atoms with Gasteiger partial charge in [0.2, 0.25) is 5.91 Å². The second kappa shape index (κ2) is 7.41. The molecular weight excluding hydrogens is 342 g/mol. The average molecular weight is 361 g/mol. The third-order valence-electron chi connectivity index (χ3n) is 3.55. The third kappa shape index (κ3) is 4.74. The first kappa shape index (κ1) is 15.8. The van der Waals surface area contributed by atoms with Crippen molar-refractivity contribution in [2.24, 2.45) is 5.73 Å². The van der Waals surface area contributed by atoms with Crippen molar-refractivity contribution in [3.63, 3.8) is 0 Å². The summed E-state index contributed by atoms with van der Waals surface area (Å²) in [4.78, 5) is 13.0. The van der Waals surface area contributed by atoms with Crippen LogP contribution in [0.3, 0.4) is 0 Å². The van der Waals surface area contributed by atoms with E-state index < -0.39 is 0 Å². The molecule has 110 valence electrons. The number of amides is 1. The van der Waals surface area contributed by atoms with Gasteiger partial charge >= 0.3 is 0 Å². The first-order valence-electron chi connectivity index (χ1n) is 6.72. The Hall–Kier alpha value is -0.620. The first-order chi connectivity index (χ1) is 9.54. The van der Waals surface area contributed by atoms with Crippen LogP contribution in [0.2, 0.25) is 5.02 Å². The summed E-state index contributed by atoms with van der Waals surface area (Å²) in [7, 11) is 0. The van der Waals surface area contributed by atoms with Crippen molar-refractivity contribution < 1.29 is 4.79 Å². The topological polar surface area (TPSA) is 58.4 Å². The van der Waals surface area contributed by atoms with Gasteiger partial charge in [0.1, 0.15) is 0 Å². The van der Waals surface area contributed by atoms with Crippen LogP contribution in [-0.4, -0.2) is 36.5 Å². The molecule has 1 aromatic carbocycles. The van der Waals surface area contributed by atoms with Crippen molar-refractivity contribution in [1.82, 2.24) is 10.2 Å². The number of carbonyl (C=O) groups is 1. The zero-order valence-corrected chi connectivity index (χ0v) is 13.6. The molecule has 6 heteroatoms. The average Bonchev–Trinajstić information content (AvgIpc) is 2.41. The molecule has 0 aromatic heterocycles. The van der Waals surface area contributed by atoms with Crippen LogP contribution in [0.1, 0.15) is 18.4 Å². The van der Waals surface area contributed by atoms with Gasteiger partial charge in [0, 0.05) is 30.1 Å². The zero-order valence-electron chi connectivity index (χ0n) is 11.2. The summed E-state index contributed by atoms with van der Waals surface area (Å²) >= 11 is 9.47. The Kier molecular flexibility index (Phi) is 5.84. The van der Waals surface area contributed by atoms with E-state index in [2.05, 4.69) is 32.2 Å². The molecule has 1 amide bonds. The number of hydrogen-bond donors (Lipinski definition) is 2. The van der Waals surface area contributed by atoms with Crippen LogP contribution in [0.15, 0.2) is 22.7 Å². The maximum Gasteiger partial charge on any atom is 0.231 e. The Bertz CT molecular complexity index is 475. The molecule has 0 spiro atoms. The fraction of sp³-hybridized carbons (Fsp3) is 0.500. The Morgan fingerprint density at radius 1 is 1.45 bits per heavy atom. The molecule has 1 aromatic rings. The molecule has 1 aliphatic heterocycles. The fourth-order valence-corrected chi connectivity index (χ4v) is 2.88. The number of halogens is 2. The molecule has 1 fully saturated rings. The van der Waals surface area contributed by atoms with Gasteiger partial charge in [0.25, 0.3) is 0 Å². The Labute approximate surface area is 132 Å². The van der Waals surface area contributed by atoms with Crippen molar-refractivity contribution >= 4 is 33.4 Å². The van der Waals surface area contributed by atoms with Gasteiger partial charge in [-0.2, -0.15) is 0 Å². The van der Waals surface area contributed by atoms with Gasteiger partial charge < -0.3 is 11.1 Å². The Morgan fingerprint density at radius 2 is 2.15 bits per heavy atom. The van der Waals surface area contributed by atoms with Crippen LogP contribution >= 0.6 is 27.5 Å². The van der Waals surface area contributed by atoms with Crippen molar-refractivity contribution in [1.29, 1.82) is 0 Å². The highest BCUT2D eigenvalue weighted by Crippen LogP contribution is 2.23. The minimum Gasteiger partial charge on any atom is -0.369 e. The van der Waals surface area contributed by atoms with E-state index in [4.69, 9.17) is 17.3 Å². The van der Waals surface area contributed by atoms with Gasteiger partial charge in [-0.05, 0) is 46.5 Å². The van der Waals surface area contributed by atoms with E-state index >= 15 is 0 Å². The number of carbonyl (C=O) groups excluding carboxylic acids is 1. The molecule has 1 aliphatic rings. The molecule has 0 saturated carbocycles. The highest BCUT2D eigenvalue weighted by atomic mass is 79.9. The lowest BCUT2D eigenvalue weighted by Gasteiger charge is -2.31. The second-order valence-electron chi connectivity index (χ2n) is 5.15. The fourth-order valence-electron chi connectivity index (χ4n) is 2.43. The highest BCUT2D eigenvalue weighted by molar-refractivity contribution is 9.10. The number of nitrogens with two attached hydrogens (primary N) is 1. The van der Waals surface area contributed by atoms with E-state index in [0.29, 0.717) is 12.6 Å². The largest absolute Gasteiger partial charge is 0.369 e. The predicted molar refractivity (Wildman–Crippen MR) is 84.6 cm³/mol. The predicted octanol–water partition coefficient (Wildman–Crippen LogP) is 2.14. The van der Waals surface area contributed by atoms with E-state index in [1.807, 2.05) is 12.1 Å². The number of primary amides is 1. The molecule has 0 aliphatic carbocycles. The quantitative estimate of drug-likeness (QED) is 0.846. The van der Waals surface area contributed by atoms with E-state index in [-0.39, 0.29) is 5.91 Å². The summed E-state index contributed by atoms with van der Waals surface area (Å²) in [5, 5.41) is 4.28. The molecule has 2 rings (SSSR count). The zero-order chi connectivity index (χ0) is 14.5. The Morgan fingerprint density at radius 3 is 2.75 bits per heavy atom. The molecule has 4 nitrogen and oxygen atoms in total. The third-order valence-corrected chi connectivity index (χ3v) is 4.78. The van der Waals surface area contributed by atoms with E-state index in [9.17, 15) is 4.79 Å². The van der Waals surface area contributed by atoms with Crippen LogP contribution in [0, 0.1) is 0 Å². The number of piperidine rings is 1. The number of rotatable bonds is 5. The van der Waals surface area contributed by atoms with Gasteiger partial charge in [-0.1, -0.05) is 17.7 Å². The van der Waals surface area contributed by atoms with Crippen molar-refractivity contribution in [3.8, 4) is 0 Å². The minimum absolute atomic E-state index is 0.249. The summed E-state index contributed by atoms with van der Waals surface area (Å²) < 4.78 is 0.919. The molecule has 20 heavy (non-hydrogen) atoms. The van der Waals surface area contributed by atoms with Crippen molar-refractivity contribution in [2.45, 2.75) is 25.4 Å². The van der Waals surface area contributed by atoms with Gasteiger partial charge in [-0.15, -0.1) is 0 Å². The maximum atomic E-state index is 10.9. The molecular formula is C14H19BrClN3O. The van der Waals surface area contributed by atoms with Gasteiger partial charge in [0.05, 0.1) is 11.6 Å². The second-order valence-corrected chi connectivity index (χ2v) is 6.41. The van der Waals surface area contributed by atoms with Crippen molar-refractivity contribution in [3.05, 3.63) is 33.3 Å². The number of benzene rings is 1. The summed E-state index contributed by atoms with van der Waals surface area (Å²) in [5.41, 5.74) is 6.38.